The summed E-state index contributed by atoms with van der Waals surface area (Å²) in [6.07, 6.45) is 46.2. The zero-order valence-electron chi connectivity index (χ0n) is 37.2. The topological polar surface area (TPSA) is 195 Å². The van der Waals surface area contributed by atoms with Crippen LogP contribution in [0.3, 0.4) is 0 Å². The number of unbranched alkanes of at least 4 members (excludes halogenated alkanes) is 14. The van der Waals surface area contributed by atoms with Crippen LogP contribution in [0.15, 0.2) is 72.9 Å². The van der Waals surface area contributed by atoms with E-state index in [1.807, 2.05) is 18.2 Å². The van der Waals surface area contributed by atoms with E-state index in [0.29, 0.717) is 19.3 Å². The second kappa shape index (κ2) is 41.6. The first kappa shape index (κ1) is 58.6. The van der Waals surface area contributed by atoms with Gasteiger partial charge in [0.2, 0.25) is 0 Å². The van der Waals surface area contributed by atoms with E-state index in [1.54, 1.807) is 0 Å². The molecule has 4 N–H and O–H groups in total. The minimum atomic E-state index is -4.87. The Labute approximate surface area is 367 Å². The van der Waals surface area contributed by atoms with E-state index in [1.165, 1.54) is 64.2 Å². The Kier molecular flexibility index (Phi) is 39.9. The van der Waals surface area contributed by atoms with Gasteiger partial charge in [-0.05, 0) is 77.0 Å². The van der Waals surface area contributed by atoms with Gasteiger partial charge in [-0.15, -0.1) is 0 Å². The summed E-state index contributed by atoms with van der Waals surface area (Å²) in [7, 11) is -9.70. The largest absolute Gasteiger partial charge is 0.472 e. The van der Waals surface area contributed by atoms with Crippen molar-refractivity contribution in [1.29, 1.82) is 0 Å². The standard InChI is InChI=1S/C46H80O13P2/c1-3-5-7-9-11-13-15-17-19-20-21-22-24-26-28-30-32-34-36-38-46(49)59-44(42-58-61(53,54)57-40-43(47)39-56-60(50,51)52)41-55-45(48)37-35-33-31-29-27-25-23-18-16-14-12-10-8-6-4-2/h11,13-14,16-17,19,21-22,26,28,32,34,43-44,47H,3-10,12,15,18,20,23-25,27,29-31,33,35-42H2,1-2H3,(H,53,54)(H2,50,51,52). The summed E-state index contributed by atoms with van der Waals surface area (Å²) < 4.78 is 47.7. The maximum absolute atomic E-state index is 12.6. The summed E-state index contributed by atoms with van der Waals surface area (Å²) in [5, 5.41) is 9.75. The molecule has 13 nitrogen and oxygen atoms in total. The first-order valence-electron chi connectivity index (χ1n) is 22.6. The fourth-order valence-corrected chi connectivity index (χ4v) is 6.77. The average molecular weight is 903 g/mol. The summed E-state index contributed by atoms with van der Waals surface area (Å²) in [6.45, 7) is 1.63. The summed E-state index contributed by atoms with van der Waals surface area (Å²) in [4.78, 5) is 52.7. The van der Waals surface area contributed by atoms with E-state index in [0.717, 1.165) is 57.8 Å². The van der Waals surface area contributed by atoms with E-state index in [9.17, 15) is 28.7 Å². The summed E-state index contributed by atoms with van der Waals surface area (Å²) >= 11 is 0. The minimum Gasteiger partial charge on any atom is -0.462 e. The number of hydrogen-bond donors (Lipinski definition) is 4. The van der Waals surface area contributed by atoms with Gasteiger partial charge in [-0.25, -0.2) is 9.13 Å². The Bertz CT molecular complexity index is 1350. The molecular formula is C46H80O13P2. The van der Waals surface area contributed by atoms with Crippen LogP contribution in [0.4, 0.5) is 0 Å². The smallest absolute Gasteiger partial charge is 0.462 e. The molecule has 0 amide bonds. The molecule has 0 rings (SSSR count). The molecule has 0 aliphatic carbocycles. The first-order valence-corrected chi connectivity index (χ1v) is 25.7. The third-order valence-electron chi connectivity index (χ3n) is 9.07. The van der Waals surface area contributed by atoms with Crippen molar-refractivity contribution in [2.45, 2.75) is 180 Å². The molecule has 0 aromatic carbocycles. The van der Waals surface area contributed by atoms with Crippen LogP contribution >= 0.6 is 15.6 Å². The van der Waals surface area contributed by atoms with Gasteiger partial charge in [0.25, 0.3) is 0 Å². The molecule has 0 bridgehead atoms. The van der Waals surface area contributed by atoms with Crippen molar-refractivity contribution in [2.75, 3.05) is 26.4 Å². The summed E-state index contributed by atoms with van der Waals surface area (Å²) in [5.74, 6) is -1.14. The Morgan fingerprint density at radius 1 is 0.475 bits per heavy atom. The molecule has 0 radical (unpaired) electrons. The molecule has 0 spiro atoms. The van der Waals surface area contributed by atoms with Crippen LogP contribution in [-0.4, -0.2) is 70.4 Å². The first-order chi connectivity index (χ1) is 29.4. The number of esters is 2. The van der Waals surface area contributed by atoms with E-state index < -0.39 is 66.2 Å². The number of ether oxygens (including phenoxy) is 2. The van der Waals surface area contributed by atoms with Gasteiger partial charge in [0, 0.05) is 12.8 Å². The Morgan fingerprint density at radius 3 is 1.43 bits per heavy atom. The van der Waals surface area contributed by atoms with Crippen molar-refractivity contribution in [2.24, 2.45) is 0 Å². The summed E-state index contributed by atoms with van der Waals surface area (Å²) in [5.41, 5.74) is 0. The number of phosphoric ester groups is 2. The van der Waals surface area contributed by atoms with Crippen molar-refractivity contribution in [3.8, 4) is 0 Å². The van der Waals surface area contributed by atoms with Crippen LogP contribution in [0.1, 0.15) is 168 Å². The fourth-order valence-electron chi connectivity index (χ4n) is 5.62. The molecule has 0 saturated heterocycles. The lowest BCUT2D eigenvalue weighted by Crippen LogP contribution is -2.29. The van der Waals surface area contributed by atoms with Gasteiger partial charge in [-0.3, -0.25) is 23.2 Å². The molecule has 0 fully saturated rings. The van der Waals surface area contributed by atoms with E-state index >= 15 is 0 Å². The third-order valence-corrected chi connectivity index (χ3v) is 10.5. The monoisotopic (exact) mass is 903 g/mol. The molecule has 0 aliphatic rings. The lowest BCUT2D eigenvalue weighted by atomic mass is 10.1. The molecule has 3 atom stereocenters. The number of phosphoric acid groups is 2. The van der Waals surface area contributed by atoms with Gasteiger partial charge in [-0.2, -0.15) is 0 Å². The highest BCUT2D eigenvalue weighted by Gasteiger charge is 2.28. The zero-order chi connectivity index (χ0) is 45.1. The van der Waals surface area contributed by atoms with Crippen molar-refractivity contribution in [1.82, 2.24) is 0 Å². The number of carbonyl (C=O) groups is 2. The number of hydrogen-bond acceptors (Lipinski definition) is 10. The number of allylic oxidation sites excluding steroid dienone is 12. The van der Waals surface area contributed by atoms with E-state index in [-0.39, 0.29) is 12.8 Å². The lowest BCUT2D eigenvalue weighted by molar-refractivity contribution is -0.161. The van der Waals surface area contributed by atoms with Gasteiger partial charge in [-0.1, -0.05) is 151 Å². The van der Waals surface area contributed by atoms with Crippen molar-refractivity contribution >= 4 is 27.6 Å². The van der Waals surface area contributed by atoms with Gasteiger partial charge in [0.1, 0.15) is 12.7 Å². The van der Waals surface area contributed by atoms with Crippen molar-refractivity contribution in [3.05, 3.63) is 72.9 Å². The number of carbonyl (C=O) groups excluding carboxylic acids is 2. The van der Waals surface area contributed by atoms with Crippen LogP contribution in [0.5, 0.6) is 0 Å². The van der Waals surface area contributed by atoms with E-state index in [2.05, 4.69) is 77.6 Å². The van der Waals surface area contributed by atoms with Crippen molar-refractivity contribution < 1.29 is 61.6 Å². The maximum atomic E-state index is 12.6. The van der Waals surface area contributed by atoms with Gasteiger partial charge in [0.15, 0.2) is 6.10 Å². The fraction of sp³-hybridized carbons (Fsp3) is 0.696. The van der Waals surface area contributed by atoms with Gasteiger partial charge >= 0.3 is 27.6 Å². The van der Waals surface area contributed by atoms with E-state index in [4.69, 9.17) is 23.8 Å². The highest BCUT2D eigenvalue weighted by molar-refractivity contribution is 7.47. The third kappa shape index (κ3) is 45.4. The molecule has 61 heavy (non-hydrogen) atoms. The Balaban J connectivity index is 4.64. The quantitative estimate of drug-likeness (QED) is 0.0196. The van der Waals surface area contributed by atoms with Crippen LogP contribution in [0.2, 0.25) is 0 Å². The molecule has 0 saturated carbocycles. The predicted molar refractivity (Wildman–Crippen MR) is 244 cm³/mol. The second-order valence-electron chi connectivity index (χ2n) is 15.0. The molecule has 0 aromatic heterocycles. The SMILES string of the molecule is CCCCCC=CCC=CCC=CCC=CCC=CCCC(=O)OC(COC(=O)CCCCCCCCCC=CCCCCCC)COP(=O)(O)OCC(O)COP(=O)(O)O. The molecule has 0 aliphatic heterocycles. The highest BCUT2D eigenvalue weighted by atomic mass is 31.2. The van der Waals surface area contributed by atoms with Crippen LogP contribution < -0.4 is 0 Å². The zero-order valence-corrected chi connectivity index (χ0v) is 39.0. The van der Waals surface area contributed by atoms with Crippen LogP contribution in [0.25, 0.3) is 0 Å². The molecule has 352 valence electrons. The Hall–Kier alpha value is -2.44. The molecule has 0 heterocycles. The van der Waals surface area contributed by atoms with Crippen LogP contribution in [-0.2, 0) is 41.8 Å². The average Bonchev–Trinajstić information content (AvgIpc) is 3.22. The maximum Gasteiger partial charge on any atom is 0.472 e. The number of aliphatic hydroxyl groups is 1. The lowest BCUT2D eigenvalue weighted by Gasteiger charge is -2.20. The molecule has 15 heteroatoms. The van der Waals surface area contributed by atoms with Crippen molar-refractivity contribution in [3.63, 3.8) is 0 Å². The van der Waals surface area contributed by atoms with Gasteiger partial charge in [0.05, 0.1) is 19.8 Å². The summed E-state index contributed by atoms with van der Waals surface area (Å²) in [6, 6.07) is 0. The molecule has 0 aromatic rings. The highest BCUT2D eigenvalue weighted by Crippen LogP contribution is 2.43. The Morgan fingerprint density at radius 2 is 0.885 bits per heavy atom. The number of rotatable bonds is 42. The normalized spacial score (nSPS) is 14.7. The predicted octanol–water partition coefficient (Wildman–Crippen LogP) is 11.8. The molecular weight excluding hydrogens is 822 g/mol. The van der Waals surface area contributed by atoms with Crippen LogP contribution in [0, 0.1) is 0 Å². The second-order valence-corrected chi connectivity index (χ2v) is 17.7. The number of aliphatic hydroxyl groups excluding tert-OH is 1. The van der Waals surface area contributed by atoms with Gasteiger partial charge < -0.3 is 29.3 Å². The minimum absolute atomic E-state index is 0.00440. The molecule has 3 unspecified atom stereocenters.